The van der Waals surface area contributed by atoms with Crippen molar-refractivity contribution in [3.8, 4) is 0 Å². The summed E-state index contributed by atoms with van der Waals surface area (Å²) in [5.74, 6) is 0.436. The van der Waals surface area contributed by atoms with Crippen molar-refractivity contribution in [3.63, 3.8) is 0 Å². The van der Waals surface area contributed by atoms with Gasteiger partial charge in [-0.15, -0.1) is 0 Å². The number of carbonyl (C=O) groups is 1. The van der Waals surface area contributed by atoms with Crippen LogP contribution in [0.1, 0.15) is 40.5 Å². The average molecular weight is 298 g/mol. The predicted molar refractivity (Wildman–Crippen MR) is 89.4 cm³/mol. The van der Waals surface area contributed by atoms with Gasteiger partial charge in [0.05, 0.1) is 12.4 Å². The topological polar surface area (TPSA) is 66.9 Å². The zero-order chi connectivity index (χ0) is 16.1. The van der Waals surface area contributed by atoms with Crippen LogP contribution in [0, 0.1) is 20.8 Å². The summed E-state index contributed by atoms with van der Waals surface area (Å²) in [5, 5.41) is 6.05. The maximum Gasteiger partial charge on any atom is 0.275 e. The fraction of sp³-hybridized carbons (Fsp3) is 0.353. The van der Waals surface area contributed by atoms with Crippen molar-refractivity contribution in [1.29, 1.82) is 0 Å². The van der Waals surface area contributed by atoms with Crippen molar-refractivity contribution in [2.45, 2.75) is 34.1 Å². The number of anilines is 2. The summed E-state index contributed by atoms with van der Waals surface area (Å²) >= 11 is 0. The van der Waals surface area contributed by atoms with Crippen LogP contribution in [0.5, 0.6) is 0 Å². The Bertz CT molecular complexity index is 642. The van der Waals surface area contributed by atoms with E-state index < -0.39 is 0 Å². The highest BCUT2D eigenvalue weighted by atomic mass is 16.1. The predicted octanol–water partition coefficient (Wildman–Crippen LogP) is 3.48. The molecular weight excluding hydrogens is 276 g/mol. The second-order valence-corrected chi connectivity index (χ2v) is 5.44. The highest BCUT2D eigenvalue weighted by molar-refractivity contribution is 6.03. The molecule has 2 aromatic rings. The summed E-state index contributed by atoms with van der Waals surface area (Å²) in [6.07, 6.45) is 4.08. The molecule has 0 atom stereocenters. The molecule has 5 nitrogen and oxygen atoms in total. The molecule has 0 saturated carbocycles. The minimum atomic E-state index is -0.246. The highest BCUT2D eigenvalue weighted by Crippen LogP contribution is 2.22. The normalized spacial score (nSPS) is 10.4. The third-order valence-corrected chi connectivity index (χ3v) is 3.36. The summed E-state index contributed by atoms with van der Waals surface area (Å²) in [5.41, 5.74) is 4.41. The average Bonchev–Trinajstić information content (AvgIpc) is 2.49. The van der Waals surface area contributed by atoms with Crippen LogP contribution in [0.4, 0.5) is 11.5 Å². The maximum atomic E-state index is 12.3. The molecule has 0 aliphatic rings. The lowest BCUT2D eigenvalue weighted by atomic mass is 10.1. The summed E-state index contributed by atoms with van der Waals surface area (Å²) in [7, 11) is 0. The van der Waals surface area contributed by atoms with E-state index in [0.717, 1.165) is 29.8 Å². The Labute approximate surface area is 131 Å². The molecule has 2 rings (SSSR count). The second-order valence-electron chi connectivity index (χ2n) is 5.44. The highest BCUT2D eigenvalue weighted by Gasteiger charge is 2.12. The van der Waals surface area contributed by atoms with Gasteiger partial charge in [-0.2, -0.15) is 0 Å². The summed E-state index contributed by atoms with van der Waals surface area (Å²) in [4.78, 5) is 20.7. The van der Waals surface area contributed by atoms with E-state index in [1.165, 1.54) is 11.8 Å². The monoisotopic (exact) mass is 298 g/mol. The Morgan fingerprint density at radius 1 is 1.09 bits per heavy atom. The molecule has 0 fully saturated rings. The smallest absolute Gasteiger partial charge is 0.275 e. The fourth-order valence-electron chi connectivity index (χ4n) is 2.34. The van der Waals surface area contributed by atoms with Gasteiger partial charge < -0.3 is 10.6 Å². The first-order valence-corrected chi connectivity index (χ1v) is 7.46. The Kier molecular flexibility index (Phi) is 5.09. The van der Waals surface area contributed by atoms with Gasteiger partial charge in [-0.1, -0.05) is 24.6 Å². The number of rotatable bonds is 5. The van der Waals surface area contributed by atoms with Crippen molar-refractivity contribution in [3.05, 3.63) is 46.9 Å². The molecule has 5 heteroatoms. The Hall–Kier alpha value is -2.43. The van der Waals surface area contributed by atoms with E-state index in [9.17, 15) is 4.79 Å². The lowest BCUT2D eigenvalue weighted by Crippen LogP contribution is -2.16. The zero-order valence-corrected chi connectivity index (χ0v) is 13.5. The second kappa shape index (κ2) is 7.02. The minimum absolute atomic E-state index is 0.246. The number of nitrogens with zero attached hydrogens (tertiary/aromatic N) is 2. The zero-order valence-electron chi connectivity index (χ0n) is 13.5. The van der Waals surface area contributed by atoms with Gasteiger partial charge in [-0.25, -0.2) is 9.97 Å². The van der Waals surface area contributed by atoms with E-state index in [0.29, 0.717) is 11.5 Å². The number of benzene rings is 1. The van der Waals surface area contributed by atoms with Crippen molar-refractivity contribution < 1.29 is 4.79 Å². The Morgan fingerprint density at radius 2 is 1.77 bits per heavy atom. The lowest BCUT2D eigenvalue weighted by Gasteiger charge is -2.12. The molecular formula is C17H22N4O. The van der Waals surface area contributed by atoms with Crippen LogP contribution in [0.25, 0.3) is 0 Å². The Balaban J connectivity index is 2.12. The van der Waals surface area contributed by atoms with Gasteiger partial charge in [0, 0.05) is 12.2 Å². The van der Waals surface area contributed by atoms with Crippen molar-refractivity contribution in [1.82, 2.24) is 9.97 Å². The molecule has 0 unspecified atom stereocenters. The van der Waals surface area contributed by atoms with Crippen LogP contribution < -0.4 is 10.6 Å². The largest absolute Gasteiger partial charge is 0.369 e. The molecule has 0 aliphatic heterocycles. The van der Waals surface area contributed by atoms with Crippen LogP contribution in [0.15, 0.2) is 24.5 Å². The molecule has 1 heterocycles. The maximum absolute atomic E-state index is 12.3. The number of amides is 1. The first kappa shape index (κ1) is 15.9. The van der Waals surface area contributed by atoms with Gasteiger partial charge in [0.15, 0.2) is 0 Å². The van der Waals surface area contributed by atoms with Crippen molar-refractivity contribution in [2.24, 2.45) is 0 Å². The minimum Gasteiger partial charge on any atom is -0.369 e. The third-order valence-electron chi connectivity index (χ3n) is 3.36. The molecule has 1 aromatic heterocycles. The summed E-state index contributed by atoms with van der Waals surface area (Å²) in [6, 6.07) is 4.10. The van der Waals surface area contributed by atoms with Gasteiger partial charge >= 0.3 is 0 Å². The number of hydrogen-bond acceptors (Lipinski definition) is 4. The van der Waals surface area contributed by atoms with Gasteiger partial charge in [0.2, 0.25) is 0 Å². The number of hydrogen-bond donors (Lipinski definition) is 2. The lowest BCUT2D eigenvalue weighted by molar-refractivity contribution is 0.102. The first-order valence-electron chi connectivity index (χ1n) is 7.46. The first-order chi connectivity index (χ1) is 10.5. The van der Waals surface area contributed by atoms with E-state index in [-0.39, 0.29) is 5.91 Å². The fourth-order valence-corrected chi connectivity index (χ4v) is 2.34. The molecule has 2 N–H and O–H groups in total. The SMILES string of the molecule is CCCNc1cnc(C(=O)Nc2c(C)cc(C)cc2C)cn1. The molecule has 0 saturated heterocycles. The van der Waals surface area contributed by atoms with Crippen molar-refractivity contribution in [2.75, 3.05) is 17.2 Å². The van der Waals surface area contributed by atoms with E-state index in [4.69, 9.17) is 0 Å². The summed E-state index contributed by atoms with van der Waals surface area (Å²) in [6.45, 7) is 8.92. The number of aromatic nitrogens is 2. The number of carbonyl (C=O) groups excluding carboxylic acids is 1. The van der Waals surface area contributed by atoms with Gasteiger partial charge in [0.1, 0.15) is 11.5 Å². The van der Waals surface area contributed by atoms with E-state index in [2.05, 4.69) is 27.5 Å². The van der Waals surface area contributed by atoms with Crippen LogP contribution >= 0.6 is 0 Å². The van der Waals surface area contributed by atoms with Crippen LogP contribution in [-0.4, -0.2) is 22.4 Å². The number of nitrogens with one attached hydrogen (secondary N) is 2. The molecule has 0 spiro atoms. The molecule has 22 heavy (non-hydrogen) atoms. The molecule has 1 amide bonds. The van der Waals surface area contributed by atoms with Crippen molar-refractivity contribution >= 4 is 17.4 Å². The van der Waals surface area contributed by atoms with Crippen LogP contribution in [-0.2, 0) is 0 Å². The Morgan fingerprint density at radius 3 is 2.32 bits per heavy atom. The van der Waals surface area contributed by atoms with E-state index >= 15 is 0 Å². The third kappa shape index (κ3) is 3.81. The molecule has 116 valence electrons. The molecule has 1 aromatic carbocycles. The standard InChI is InChI=1S/C17H22N4O/c1-5-6-18-15-10-19-14(9-20-15)17(22)21-16-12(3)7-11(2)8-13(16)4/h7-10H,5-6H2,1-4H3,(H,18,20)(H,21,22). The van der Waals surface area contributed by atoms with Crippen LogP contribution in [0.2, 0.25) is 0 Å². The van der Waals surface area contributed by atoms with E-state index in [1.807, 2.05) is 32.9 Å². The quantitative estimate of drug-likeness (QED) is 0.887. The van der Waals surface area contributed by atoms with E-state index in [1.54, 1.807) is 6.20 Å². The summed E-state index contributed by atoms with van der Waals surface area (Å²) < 4.78 is 0. The van der Waals surface area contributed by atoms with Gasteiger partial charge in [-0.3, -0.25) is 4.79 Å². The van der Waals surface area contributed by atoms with Gasteiger partial charge in [0.25, 0.3) is 5.91 Å². The number of aryl methyl sites for hydroxylation is 3. The molecule has 0 aliphatic carbocycles. The molecule has 0 bridgehead atoms. The van der Waals surface area contributed by atoms with Crippen LogP contribution in [0.3, 0.4) is 0 Å². The molecule has 0 radical (unpaired) electrons. The van der Waals surface area contributed by atoms with Gasteiger partial charge in [-0.05, 0) is 38.3 Å².